The predicted molar refractivity (Wildman–Crippen MR) is 81.4 cm³/mol. The number of nitrogens with two attached hydrogens (primary N) is 1. The van der Waals surface area contributed by atoms with Crippen molar-refractivity contribution in [3.8, 4) is 0 Å². The van der Waals surface area contributed by atoms with Gasteiger partial charge in [-0.2, -0.15) is 0 Å². The molecule has 1 rings (SSSR count). The fraction of sp³-hybridized carbons (Fsp3) is 0.917. The van der Waals surface area contributed by atoms with E-state index >= 15 is 0 Å². The lowest BCUT2D eigenvalue weighted by Crippen LogP contribution is -2.33. The summed E-state index contributed by atoms with van der Waals surface area (Å²) in [6, 6.07) is 0.615. The van der Waals surface area contributed by atoms with Crippen molar-refractivity contribution >= 4 is 29.9 Å². The molecular weight excluding hydrogens is 313 g/mol. The quantitative estimate of drug-likeness (QED) is 0.426. The molecular formula is C12H26IN3. The minimum Gasteiger partial charge on any atom is -0.370 e. The van der Waals surface area contributed by atoms with E-state index in [0.29, 0.717) is 17.9 Å². The largest absolute Gasteiger partial charge is 0.370 e. The molecule has 0 aromatic rings. The van der Waals surface area contributed by atoms with Gasteiger partial charge in [0.1, 0.15) is 0 Å². The minimum atomic E-state index is 0. The van der Waals surface area contributed by atoms with Crippen LogP contribution in [0.25, 0.3) is 0 Å². The van der Waals surface area contributed by atoms with Gasteiger partial charge in [-0.15, -0.1) is 24.0 Å². The topological polar surface area (TPSA) is 50.4 Å². The van der Waals surface area contributed by atoms with Gasteiger partial charge in [0.15, 0.2) is 5.96 Å². The molecule has 0 heterocycles. The molecule has 1 atom stereocenters. The summed E-state index contributed by atoms with van der Waals surface area (Å²) in [6.07, 6.45) is 7.58. The van der Waals surface area contributed by atoms with Gasteiger partial charge in [-0.25, -0.2) is 0 Å². The Bertz CT molecular complexity index is 202. The van der Waals surface area contributed by atoms with Crippen molar-refractivity contribution in [2.45, 2.75) is 58.4 Å². The van der Waals surface area contributed by atoms with Crippen LogP contribution >= 0.6 is 24.0 Å². The third-order valence-electron chi connectivity index (χ3n) is 2.99. The first-order valence-corrected chi connectivity index (χ1v) is 6.32. The van der Waals surface area contributed by atoms with Gasteiger partial charge in [-0.1, -0.05) is 33.1 Å². The van der Waals surface area contributed by atoms with Crippen LogP contribution in [0.1, 0.15) is 52.4 Å². The highest BCUT2D eigenvalue weighted by Crippen LogP contribution is 2.18. The highest BCUT2D eigenvalue weighted by atomic mass is 127. The smallest absolute Gasteiger partial charge is 0.188 e. The summed E-state index contributed by atoms with van der Waals surface area (Å²) in [7, 11) is 0. The molecule has 16 heavy (non-hydrogen) atoms. The van der Waals surface area contributed by atoms with Crippen LogP contribution in [0, 0.1) is 5.92 Å². The molecule has 4 heteroatoms. The van der Waals surface area contributed by atoms with E-state index in [1.807, 2.05) is 0 Å². The van der Waals surface area contributed by atoms with Crippen LogP contribution in [0.3, 0.4) is 0 Å². The molecule has 1 aliphatic rings. The second-order valence-corrected chi connectivity index (χ2v) is 4.56. The predicted octanol–water partition coefficient (Wildman–Crippen LogP) is 2.89. The summed E-state index contributed by atoms with van der Waals surface area (Å²) >= 11 is 0. The summed E-state index contributed by atoms with van der Waals surface area (Å²) in [5, 5.41) is 3.22. The van der Waals surface area contributed by atoms with Crippen molar-refractivity contribution in [1.82, 2.24) is 5.32 Å². The monoisotopic (exact) mass is 339 g/mol. The Morgan fingerprint density at radius 2 is 2.12 bits per heavy atom. The van der Waals surface area contributed by atoms with Gasteiger partial charge in [0.2, 0.25) is 0 Å². The first-order valence-electron chi connectivity index (χ1n) is 6.32. The van der Waals surface area contributed by atoms with E-state index in [1.54, 1.807) is 0 Å². The fourth-order valence-electron chi connectivity index (χ4n) is 1.63. The molecule has 0 aliphatic heterocycles. The second-order valence-electron chi connectivity index (χ2n) is 4.56. The standard InChI is InChI=1S/C12H25N3.HI/c1-3-5-6-10(4-2)9-14-12(13)15-11-7-8-11;/h10-11H,3-9H2,1-2H3,(H3,13,14,15);1H. The number of hydrogen-bond acceptors (Lipinski definition) is 1. The lowest BCUT2D eigenvalue weighted by Gasteiger charge is -2.12. The molecule has 1 unspecified atom stereocenters. The normalized spacial score (nSPS) is 17.8. The van der Waals surface area contributed by atoms with Crippen molar-refractivity contribution < 1.29 is 0 Å². The molecule has 0 saturated heterocycles. The summed E-state index contributed by atoms with van der Waals surface area (Å²) in [5.41, 5.74) is 5.79. The first-order chi connectivity index (χ1) is 7.26. The summed E-state index contributed by atoms with van der Waals surface area (Å²) < 4.78 is 0. The molecule has 0 bridgehead atoms. The fourth-order valence-corrected chi connectivity index (χ4v) is 1.63. The number of aliphatic imine (C=N–C) groups is 1. The molecule has 1 saturated carbocycles. The molecule has 3 nitrogen and oxygen atoms in total. The van der Waals surface area contributed by atoms with Crippen LogP contribution in [-0.2, 0) is 0 Å². The van der Waals surface area contributed by atoms with Crippen molar-refractivity contribution in [3.05, 3.63) is 0 Å². The Hall–Kier alpha value is 0. The Kier molecular flexibility index (Phi) is 9.07. The lowest BCUT2D eigenvalue weighted by atomic mass is 10.00. The van der Waals surface area contributed by atoms with Gasteiger partial charge in [0, 0.05) is 12.6 Å². The maximum Gasteiger partial charge on any atom is 0.188 e. The summed E-state index contributed by atoms with van der Waals surface area (Å²) in [4.78, 5) is 4.41. The lowest BCUT2D eigenvalue weighted by molar-refractivity contribution is 0.462. The van der Waals surface area contributed by atoms with Crippen LogP contribution in [0.15, 0.2) is 4.99 Å². The van der Waals surface area contributed by atoms with Gasteiger partial charge in [0.05, 0.1) is 0 Å². The van der Waals surface area contributed by atoms with E-state index < -0.39 is 0 Å². The van der Waals surface area contributed by atoms with E-state index in [2.05, 4.69) is 24.2 Å². The molecule has 1 aliphatic carbocycles. The van der Waals surface area contributed by atoms with E-state index in [0.717, 1.165) is 6.54 Å². The SMILES string of the molecule is CCCCC(CC)CN=C(N)NC1CC1.I. The van der Waals surface area contributed by atoms with E-state index in [1.165, 1.54) is 38.5 Å². The number of guanidine groups is 1. The third kappa shape index (κ3) is 7.30. The van der Waals surface area contributed by atoms with Crippen LogP contribution in [0.4, 0.5) is 0 Å². The van der Waals surface area contributed by atoms with Gasteiger partial charge in [-0.05, 0) is 25.2 Å². The molecule has 0 aromatic heterocycles. The Labute approximate surface area is 117 Å². The first kappa shape index (κ1) is 16.0. The van der Waals surface area contributed by atoms with Crippen molar-refractivity contribution in [2.75, 3.05) is 6.54 Å². The third-order valence-corrected chi connectivity index (χ3v) is 2.99. The number of nitrogens with zero attached hydrogens (tertiary/aromatic N) is 1. The van der Waals surface area contributed by atoms with Crippen molar-refractivity contribution in [3.63, 3.8) is 0 Å². The molecule has 0 radical (unpaired) electrons. The second kappa shape index (κ2) is 9.07. The maximum absolute atomic E-state index is 5.79. The zero-order valence-corrected chi connectivity index (χ0v) is 12.9. The van der Waals surface area contributed by atoms with Gasteiger partial charge in [-0.3, -0.25) is 4.99 Å². The molecule has 0 spiro atoms. The highest BCUT2D eigenvalue weighted by molar-refractivity contribution is 14.0. The molecule has 3 N–H and O–H groups in total. The van der Waals surface area contributed by atoms with Crippen molar-refractivity contribution in [2.24, 2.45) is 16.6 Å². The zero-order valence-electron chi connectivity index (χ0n) is 10.5. The zero-order chi connectivity index (χ0) is 11.1. The van der Waals surface area contributed by atoms with Crippen LogP contribution < -0.4 is 11.1 Å². The van der Waals surface area contributed by atoms with Crippen LogP contribution in [-0.4, -0.2) is 18.5 Å². The van der Waals surface area contributed by atoms with Gasteiger partial charge >= 0.3 is 0 Å². The Balaban J connectivity index is 0.00000225. The average Bonchev–Trinajstić information content (AvgIpc) is 3.02. The summed E-state index contributed by atoms with van der Waals surface area (Å²) in [6.45, 7) is 5.36. The molecule has 0 amide bonds. The van der Waals surface area contributed by atoms with Crippen molar-refractivity contribution in [1.29, 1.82) is 0 Å². The maximum atomic E-state index is 5.79. The van der Waals surface area contributed by atoms with E-state index in [-0.39, 0.29) is 24.0 Å². The molecule has 1 fully saturated rings. The average molecular weight is 339 g/mol. The number of nitrogens with one attached hydrogen (secondary N) is 1. The van der Waals surface area contributed by atoms with Gasteiger partial charge < -0.3 is 11.1 Å². The Morgan fingerprint density at radius 3 is 2.62 bits per heavy atom. The number of rotatable bonds is 7. The minimum absolute atomic E-state index is 0. The van der Waals surface area contributed by atoms with Gasteiger partial charge in [0.25, 0.3) is 0 Å². The number of unbranched alkanes of at least 4 members (excludes halogenated alkanes) is 1. The molecule has 0 aromatic carbocycles. The number of hydrogen-bond donors (Lipinski definition) is 2. The van der Waals surface area contributed by atoms with Crippen LogP contribution in [0.5, 0.6) is 0 Å². The Morgan fingerprint density at radius 1 is 1.44 bits per heavy atom. The summed E-state index contributed by atoms with van der Waals surface area (Å²) in [5.74, 6) is 1.36. The van der Waals surface area contributed by atoms with E-state index in [9.17, 15) is 0 Å². The van der Waals surface area contributed by atoms with E-state index in [4.69, 9.17) is 5.73 Å². The number of halogens is 1. The highest BCUT2D eigenvalue weighted by Gasteiger charge is 2.21. The molecule has 96 valence electrons. The van der Waals surface area contributed by atoms with Crippen LogP contribution in [0.2, 0.25) is 0 Å².